The second kappa shape index (κ2) is 18.6. The SMILES string of the molecule is COC(=O)c1cc(NS(=O)(=O)c2ccccc2[N+](=O)[O-])cc(-c2cnn3ccc(N(CCCN(CCO[Si](C)(C)C(C)(C)C)C(=O)OC(C)(C)C)C(=O)OC(C)(C)C)nc23)c1. The Morgan fingerprint density at radius 2 is 1.54 bits per heavy atom. The summed E-state index contributed by atoms with van der Waals surface area (Å²) in [6.07, 6.45) is 2.10. The van der Waals surface area contributed by atoms with E-state index in [0.717, 1.165) is 19.2 Å². The van der Waals surface area contributed by atoms with E-state index in [9.17, 15) is 32.9 Å². The average Bonchev–Trinajstić information content (AvgIpc) is 3.56. The van der Waals surface area contributed by atoms with Crippen molar-refractivity contribution in [1.82, 2.24) is 19.5 Å². The van der Waals surface area contributed by atoms with Crippen LogP contribution in [0.25, 0.3) is 16.8 Å². The second-order valence-electron chi connectivity index (χ2n) is 17.8. The number of hydrogen-bond acceptors (Lipinski definition) is 13. The summed E-state index contributed by atoms with van der Waals surface area (Å²) in [6, 6.07) is 10.5. The third kappa shape index (κ3) is 12.7. The molecular formula is C41H57N7O11SSi. The molecule has 0 atom stereocenters. The van der Waals surface area contributed by atoms with Crippen LogP contribution in [-0.2, 0) is 28.7 Å². The number of ether oxygens (including phenoxy) is 3. The standard InChI is InChI=1S/C41H57N7O11SSi/c1-39(2,3)58-37(50)45(22-23-57-61(11,12)41(7,8)9)19-15-20-46(38(51)59-40(4,5)6)34-18-21-47-35(43-34)31(27-42-47)28-24-29(36(49)56-10)26-30(25-28)44-60(54,55)33-17-14-13-16-32(33)48(52)53/h13-14,16-18,21,24-27,44H,15,19-20,22-23H2,1-12H3. The van der Waals surface area contributed by atoms with Crippen molar-refractivity contribution in [1.29, 1.82) is 0 Å². The Hall–Kier alpha value is -5.60. The summed E-state index contributed by atoms with van der Waals surface area (Å²) in [4.78, 5) is 58.1. The van der Waals surface area contributed by atoms with Crippen LogP contribution >= 0.6 is 0 Å². The second-order valence-corrected chi connectivity index (χ2v) is 24.3. The van der Waals surface area contributed by atoms with Crippen molar-refractivity contribution >= 4 is 59.3 Å². The highest BCUT2D eigenvalue weighted by Crippen LogP contribution is 2.37. The number of nitro benzene ring substituents is 1. The van der Waals surface area contributed by atoms with Crippen molar-refractivity contribution in [3.8, 4) is 11.1 Å². The number of benzene rings is 2. The summed E-state index contributed by atoms with van der Waals surface area (Å²) in [5, 5.41) is 16.0. The van der Waals surface area contributed by atoms with Crippen molar-refractivity contribution in [2.24, 2.45) is 0 Å². The van der Waals surface area contributed by atoms with Crippen LogP contribution in [0, 0.1) is 10.1 Å². The molecule has 0 fully saturated rings. The first-order valence-electron chi connectivity index (χ1n) is 19.6. The first kappa shape index (κ1) is 48.1. The van der Waals surface area contributed by atoms with E-state index in [2.05, 4.69) is 43.7 Å². The van der Waals surface area contributed by atoms with Crippen LogP contribution in [0.1, 0.15) is 79.1 Å². The van der Waals surface area contributed by atoms with Gasteiger partial charge in [-0.2, -0.15) is 5.10 Å². The molecule has 0 radical (unpaired) electrons. The van der Waals surface area contributed by atoms with E-state index < -0.39 is 63.2 Å². The number of nitrogens with zero attached hydrogens (tertiary/aromatic N) is 6. The summed E-state index contributed by atoms with van der Waals surface area (Å²) in [6.45, 7) is 22.1. The van der Waals surface area contributed by atoms with Gasteiger partial charge in [0.2, 0.25) is 0 Å². The Bertz CT molecular complexity index is 2370. The molecule has 4 rings (SSSR count). The van der Waals surface area contributed by atoms with E-state index >= 15 is 0 Å². The van der Waals surface area contributed by atoms with Crippen LogP contribution in [0.5, 0.6) is 0 Å². The third-order valence-electron chi connectivity index (χ3n) is 9.61. The predicted octanol–water partition coefficient (Wildman–Crippen LogP) is 8.28. The molecule has 61 heavy (non-hydrogen) atoms. The molecule has 0 saturated carbocycles. The van der Waals surface area contributed by atoms with Crippen molar-refractivity contribution in [3.63, 3.8) is 0 Å². The lowest BCUT2D eigenvalue weighted by Crippen LogP contribution is -2.45. The van der Waals surface area contributed by atoms with E-state index in [1.807, 2.05) is 0 Å². The van der Waals surface area contributed by atoms with Gasteiger partial charge in [0.05, 0.1) is 36.1 Å². The fourth-order valence-electron chi connectivity index (χ4n) is 5.62. The Kier molecular flexibility index (Phi) is 14.6. The molecule has 18 nitrogen and oxygen atoms in total. The molecule has 0 aliphatic heterocycles. The van der Waals surface area contributed by atoms with E-state index in [0.29, 0.717) is 18.6 Å². The molecule has 1 N–H and O–H groups in total. The number of hydrogen-bond donors (Lipinski definition) is 1. The molecule has 0 saturated heterocycles. The minimum Gasteiger partial charge on any atom is -0.465 e. The number of para-hydroxylation sites is 1. The lowest BCUT2D eigenvalue weighted by Gasteiger charge is -2.37. The van der Waals surface area contributed by atoms with Gasteiger partial charge in [0, 0.05) is 37.5 Å². The van der Waals surface area contributed by atoms with Crippen LogP contribution in [-0.4, -0.2) is 104 Å². The molecule has 332 valence electrons. The Morgan fingerprint density at radius 1 is 0.902 bits per heavy atom. The number of methoxy groups -OCH3 is 1. The zero-order chi connectivity index (χ0) is 45.7. The van der Waals surface area contributed by atoms with Crippen LogP contribution in [0.3, 0.4) is 0 Å². The van der Waals surface area contributed by atoms with E-state index in [1.54, 1.807) is 58.7 Å². The van der Waals surface area contributed by atoms with Crippen molar-refractivity contribution in [3.05, 3.63) is 76.6 Å². The number of amides is 2. The molecular weight excluding hydrogens is 827 g/mol. The fourth-order valence-corrected chi connectivity index (χ4v) is 7.87. The van der Waals surface area contributed by atoms with Gasteiger partial charge in [-0.25, -0.2) is 32.3 Å². The summed E-state index contributed by atoms with van der Waals surface area (Å²) >= 11 is 0. The van der Waals surface area contributed by atoms with Gasteiger partial charge in [-0.15, -0.1) is 0 Å². The van der Waals surface area contributed by atoms with E-state index in [-0.39, 0.29) is 53.0 Å². The molecule has 2 amide bonds. The largest absolute Gasteiger partial charge is 0.465 e. The highest BCUT2D eigenvalue weighted by Gasteiger charge is 2.37. The summed E-state index contributed by atoms with van der Waals surface area (Å²) in [5.41, 5.74) is -1.57. The van der Waals surface area contributed by atoms with Crippen LogP contribution in [0.4, 0.5) is 26.8 Å². The molecule has 2 aromatic carbocycles. The minimum atomic E-state index is -4.53. The Morgan fingerprint density at radius 3 is 2.15 bits per heavy atom. The Balaban J connectivity index is 1.72. The number of esters is 1. The maximum absolute atomic E-state index is 13.8. The normalized spacial score (nSPS) is 12.5. The van der Waals surface area contributed by atoms with Gasteiger partial charge in [0.15, 0.2) is 18.9 Å². The number of sulfonamides is 1. The number of nitrogens with one attached hydrogen (secondary N) is 1. The van der Waals surface area contributed by atoms with E-state index in [4.69, 9.17) is 23.6 Å². The van der Waals surface area contributed by atoms with Crippen molar-refractivity contribution < 1.29 is 46.4 Å². The smallest absolute Gasteiger partial charge is 0.416 e. The maximum atomic E-state index is 13.8. The summed E-state index contributed by atoms with van der Waals surface area (Å²) < 4.78 is 53.6. The predicted molar refractivity (Wildman–Crippen MR) is 233 cm³/mol. The third-order valence-corrected chi connectivity index (χ3v) is 15.6. The zero-order valence-corrected chi connectivity index (χ0v) is 38.7. The molecule has 2 heterocycles. The van der Waals surface area contributed by atoms with Crippen molar-refractivity contribution in [2.75, 3.05) is 43.0 Å². The van der Waals surface area contributed by atoms with Gasteiger partial charge in [-0.3, -0.25) is 19.7 Å². The van der Waals surface area contributed by atoms with Gasteiger partial charge in [-0.05, 0) is 102 Å². The Labute approximate surface area is 357 Å². The molecule has 0 unspecified atom stereocenters. The number of fused-ring (bicyclic) bond motifs is 1. The van der Waals surface area contributed by atoms with Crippen LogP contribution < -0.4 is 9.62 Å². The van der Waals surface area contributed by atoms with Gasteiger partial charge < -0.3 is 23.5 Å². The number of rotatable bonds is 15. The van der Waals surface area contributed by atoms with Gasteiger partial charge in [0.25, 0.3) is 15.7 Å². The highest BCUT2D eigenvalue weighted by atomic mass is 32.2. The zero-order valence-electron chi connectivity index (χ0n) is 36.9. The number of carbonyl (C=O) groups excluding carboxylic acids is 3. The molecule has 20 heteroatoms. The number of anilines is 2. The van der Waals surface area contributed by atoms with Gasteiger partial charge in [0.1, 0.15) is 17.0 Å². The monoisotopic (exact) mass is 883 g/mol. The first-order valence-corrected chi connectivity index (χ1v) is 24.0. The molecule has 0 bridgehead atoms. The lowest BCUT2D eigenvalue weighted by atomic mass is 10.0. The molecule has 0 spiro atoms. The number of carbonyl (C=O) groups is 3. The molecule has 4 aromatic rings. The average molecular weight is 884 g/mol. The summed E-state index contributed by atoms with van der Waals surface area (Å²) in [5.74, 6) is -0.615. The topological polar surface area (TPSA) is 214 Å². The minimum absolute atomic E-state index is 0.0290. The van der Waals surface area contributed by atoms with Crippen molar-refractivity contribution in [2.45, 2.75) is 103 Å². The quantitative estimate of drug-likeness (QED) is 0.0392. The first-order chi connectivity index (χ1) is 28.1. The summed E-state index contributed by atoms with van der Waals surface area (Å²) in [7, 11) is -5.48. The number of aromatic nitrogens is 3. The lowest BCUT2D eigenvalue weighted by molar-refractivity contribution is -0.387. The maximum Gasteiger partial charge on any atom is 0.416 e. The number of nitro groups is 1. The van der Waals surface area contributed by atoms with E-state index in [1.165, 1.54) is 45.9 Å². The highest BCUT2D eigenvalue weighted by molar-refractivity contribution is 7.92. The van der Waals surface area contributed by atoms with Gasteiger partial charge >= 0.3 is 18.2 Å². The molecule has 2 aromatic heterocycles. The fraction of sp³-hybridized carbons (Fsp3) is 0.488. The molecule has 0 aliphatic rings. The van der Waals surface area contributed by atoms with Crippen LogP contribution in [0.2, 0.25) is 18.1 Å². The molecule has 0 aliphatic carbocycles. The van der Waals surface area contributed by atoms with Gasteiger partial charge in [-0.1, -0.05) is 32.9 Å². The van der Waals surface area contributed by atoms with Crippen LogP contribution in [0.15, 0.2) is 65.8 Å².